The maximum Gasteiger partial charge on any atom is 0.306 e. The molecular weight excluding hydrogens is 352 g/mol. The first kappa shape index (κ1) is 17.0. The number of aromatic nitrogens is 4. The minimum Gasteiger partial charge on any atom is -0.440 e. The third-order valence-corrected chi connectivity index (χ3v) is 3.93. The predicted molar refractivity (Wildman–Crippen MR) is 95.5 cm³/mol. The first-order valence-corrected chi connectivity index (χ1v) is 8.29. The maximum atomic E-state index is 14.3. The lowest BCUT2D eigenvalue weighted by Crippen LogP contribution is -2.26. The van der Waals surface area contributed by atoms with Crippen molar-refractivity contribution in [3.8, 4) is 0 Å². The lowest BCUT2D eigenvalue weighted by Gasteiger charge is -2.16. The van der Waals surface area contributed by atoms with Gasteiger partial charge in [-0.15, -0.1) is 0 Å². The van der Waals surface area contributed by atoms with E-state index < -0.39 is 12.5 Å². The molecule has 4 aromatic rings. The minimum absolute atomic E-state index is 0.235. The average molecular weight is 367 g/mol. The summed E-state index contributed by atoms with van der Waals surface area (Å²) in [4.78, 5) is 16.5. The molecule has 0 radical (unpaired) electrons. The van der Waals surface area contributed by atoms with Crippen molar-refractivity contribution in [3.05, 3.63) is 78.3 Å². The molecule has 0 saturated carbocycles. The largest absolute Gasteiger partial charge is 0.440 e. The zero-order chi connectivity index (χ0) is 18.7. The van der Waals surface area contributed by atoms with Gasteiger partial charge in [-0.2, -0.15) is 8.78 Å². The van der Waals surface area contributed by atoms with E-state index in [1.807, 2.05) is 18.2 Å². The highest BCUT2D eigenvalue weighted by Gasteiger charge is 2.33. The Hall–Kier alpha value is -3.42. The second-order valence-electron chi connectivity index (χ2n) is 5.88. The summed E-state index contributed by atoms with van der Waals surface area (Å²) in [5, 5.41) is 2.66. The maximum absolute atomic E-state index is 14.3. The van der Waals surface area contributed by atoms with Gasteiger partial charge in [0.05, 0.1) is 13.0 Å². The first-order valence-electron chi connectivity index (χ1n) is 8.29. The molecule has 1 N–H and O–H groups in total. The highest BCUT2D eigenvalue weighted by molar-refractivity contribution is 5.84. The van der Waals surface area contributed by atoms with E-state index in [-0.39, 0.29) is 11.5 Å². The van der Waals surface area contributed by atoms with Crippen molar-refractivity contribution in [2.75, 3.05) is 11.9 Å². The van der Waals surface area contributed by atoms with Crippen molar-refractivity contribution in [3.63, 3.8) is 0 Å². The van der Waals surface area contributed by atoms with Crippen LogP contribution in [0.1, 0.15) is 17.3 Å². The van der Waals surface area contributed by atoms with Crippen LogP contribution >= 0.6 is 0 Å². The Morgan fingerprint density at radius 3 is 2.48 bits per heavy atom. The van der Waals surface area contributed by atoms with Crippen LogP contribution in [0.4, 0.5) is 14.6 Å². The van der Waals surface area contributed by atoms with Crippen LogP contribution in [0.5, 0.6) is 0 Å². The van der Waals surface area contributed by atoms with Crippen LogP contribution in [0.15, 0.2) is 65.5 Å². The van der Waals surface area contributed by atoms with Crippen LogP contribution < -0.4 is 5.32 Å². The molecule has 0 saturated heterocycles. The number of fused-ring (bicyclic) bond motifs is 1. The monoisotopic (exact) mass is 367 g/mol. The molecule has 0 aromatic carbocycles. The van der Waals surface area contributed by atoms with Crippen LogP contribution in [0, 0.1) is 0 Å². The Labute approximate surface area is 153 Å². The number of anilines is 1. The summed E-state index contributed by atoms with van der Waals surface area (Å²) in [5.74, 6) is -2.47. The number of nitrogens with one attached hydrogen (secondary N) is 1. The zero-order valence-corrected chi connectivity index (χ0v) is 14.1. The molecule has 0 aliphatic rings. The van der Waals surface area contributed by atoms with E-state index in [0.29, 0.717) is 23.4 Å². The number of oxazole rings is 1. The van der Waals surface area contributed by atoms with E-state index in [2.05, 4.69) is 25.3 Å². The molecule has 0 spiro atoms. The van der Waals surface area contributed by atoms with E-state index in [1.165, 1.54) is 24.5 Å². The van der Waals surface area contributed by atoms with Crippen LogP contribution in [0.2, 0.25) is 0 Å². The van der Waals surface area contributed by atoms with Gasteiger partial charge < -0.3 is 9.73 Å². The molecule has 136 valence electrons. The van der Waals surface area contributed by atoms with E-state index in [9.17, 15) is 8.78 Å². The van der Waals surface area contributed by atoms with Gasteiger partial charge in [-0.1, -0.05) is 12.1 Å². The van der Waals surface area contributed by atoms with Gasteiger partial charge in [0, 0.05) is 30.4 Å². The summed E-state index contributed by atoms with van der Waals surface area (Å²) in [6.45, 7) is -0.654. The lowest BCUT2D eigenvalue weighted by molar-refractivity contribution is 0.00594. The first-order chi connectivity index (χ1) is 13.1. The molecule has 0 bridgehead atoms. The van der Waals surface area contributed by atoms with Gasteiger partial charge in [0.15, 0.2) is 16.9 Å². The fourth-order valence-electron chi connectivity index (χ4n) is 2.63. The van der Waals surface area contributed by atoms with Crippen LogP contribution in [-0.4, -0.2) is 26.5 Å². The van der Waals surface area contributed by atoms with Crippen molar-refractivity contribution in [2.45, 2.75) is 12.3 Å². The predicted octanol–water partition coefficient (Wildman–Crippen LogP) is 3.81. The summed E-state index contributed by atoms with van der Waals surface area (Å²) in [6.07, 6.45) is 4.91. The highest BCUT2D eigenvalue weighted by atomic mass is 19.3. The van der Waals surface area contributed by atoms with E-state index >= 15 is 0 Å². The average Bonchev–Trinajstić information content (AvgIpc) is 3.11. The van der Waals surface area contributed by atoms with Gasteiger partial charge >= 0.3 is 5.92 Å². The van der Waals surface area contributed by atoms with Gasteiger partial charge in [-0.3, -0.25) is 9.97 Å². The molecule has 4 aromatic heterocycles. The molecule has 0 fully saturated rings. The zero-order valence-electron chi connectivity index (χ0n) is 14.1. The van der Waals surface area contributed by atoms with E-state index in [1.54, 1.807) is 18.3 Å². The second-order valence-corrected chi connectivity index (χ2v) is 5.88. The Bertz CT molecular complexity index is 1040. The Morgan fingerprint density at radius 2 is 1.74 bits per heavy atom. The fourth-order valence-corrected chi connectivity index (χ4v) is 2.63. The number of rotatable bonds is 6. The normalized spacial score (nSPS) is 11.6. The van der Waals surface area contributed by atoms with Crippen molar-refractivity contribution in [1.29, 1.82) is 0 Å². The van der Waals surface area contributed by atoms with Crippen LogP contribution in [0.25, 0.3) is 11.1 Å². The summed E-state index contributed by atoms with van der Waals surface area (Å²) in [7, 11) is 0. The van der Waals surface area contributed by atoms with Crippen molar-refractivity contribution in [2.24, 2.45) is 0 Å². The van der Waals surface area contributed by atoms with Crippen molar-refractivity contribution < 1.29 is 13.2 Å². The SMILES string of the molecule is FC(F)(CNc1nccc2oc(Cc3ccccn3)nc12)c1ccccn1. The van der Waals surface area contributed by atoms with Crippen molar-refractivity contribution in [1.82, 2.24) is 19.9 Å². The lowest BCUT2D eigenvalue weighted by atomic mass is 10.2. The molecule has 8 heteroatoms. The van der Waals surface area contributed by atoms with Crippen LogP contribution in [0.3, 0.4) is 0 Å². The summed E-state index contributed by atoms with van der Waals surface area (Å²) in [5.41, 5.74) is 1.37. The highest BCUT2D eigenvalue weighted by Crippen LogP contribution is 2.28. The number of nitrogens with zero attached hydrogens (tertiary/aromatic N) is 4. The van der Waals surface area contributed by atoms with Gasteiger partial charge in [0.2, 0.25) is 5.89 Å². The molecule has 0 atom stereocenters. The molecular formula is C19H15F2N5O. The Balaban J connectivity index is 1.55. The molecule has 0 aliphatic heterocycles. The molecule has 4 heterocycles. The number of hydrogen-bond donors (Lipinski definition) is 1. The quantitative estimate of drug-likeness (QED) is 0.558. The standard InChI is InChI=1S/C19H15F2N5O/c20-19(21,15-6-2-4-9-23-15)12-25-18-17-14(7-10-24-18)27-16(26-17)11-13-5-1-3-8-22-13/h1-10H,11-12H2,(H,24,25). The third kappa shape index (κ3) is 3.74. The van der Waals surface area contributed by atoms with E-state index in [4.69, 9.17) is 4.42 Å². The summed E-state index contributed by atoms with van der Waals surface area (Å²) < 4.78 is 34.4. The van der Waals surface area contributed by atoms with Crippen LogP contribution in [-0.2, 0) is 12.3 Å². The van der Waals surface area contributed by atoms with E-state index in [0.717, 1.165) is 5.69 Å². The summed E-state index contributed by atoms with van der Waals surface area (Å²) >= 11 is 0. The summed E-state index contributed by atoms with van der Waals surface area (Å²) in [6, 6.07) is 11.6. The fraction of sp³-hybridized carbons (Fsp3) is 0.158. The molecule has 0 aliphatic carbocycles. The Morgan fingerprint density at radius 1 is 0.926 bits per heavy atom. The molecule has 0 amide bonds. The number of pyridine rings is 3. The number of halogens is 2. The van der Waals surface area contributed by atoms with Gasteiger partial charge in [-0.05, 0) is 24.3 Å². The Kier molecular flexibility index (Phi) is 4.45. The number of alkyl halides is 2. The molecule has 6 nitrogen and oxygen atoms in total. The smallest absolute Gasteiger partial charge is 0.306 e. The third-order valence-electron chi connectivity index (χ3n) is 3.93. The second kappa shape index (κ2) is 7.06. The van der Waals surface area contributed by atoms with Crippen molar-refractivity contribution >= 4 is 16.9 Å². The van der Waals surface area contributed by atoms with Gasteiger partial charge in [-0.25, -0.2) is 9.97 Å². The van der Waals surface area contributed by atoms with Gasteiger partial charge in [0.25, 0.3) is 0 Å². The molecule has 27 heavy (non-hydrogen) atoms. The molecule has 0 unspecified atom stereocenters. The minimum atomic E-state index is -3.15. The van der Waals surface area contributed by atoms with Gasteiger partial charge in [0.1, 0.15) is 5.69 Å². The number of hydrogen-bond acceptors (Lipinski definition) is 6. The topological polar surface area (TPSA) is 76.7 Å². The molecule has 4 rings (SSSR count).